The zero-order valence-corrected chi connectivity index (χ0v) is 15.9. The number of nitrogens with zero attached hydrogens (tertiary/aromatic N) is 3. The highest BCUT2D eigenvalue weighted by Crippen LogP contribution is 2.13. The Balaban J connectivity index is 0.00000144. The highest BCUT2D eigenvalue weighted by molar-refractivity contribution is 5.85. The molecule has 0 bridgehead atoms. The third kappa shape index (κ3) is 5.48. The highest BCUT2D eigenvalue weighted by atomic mass is 35.5. The van der Waals surface area contributed by atoms with Crippen molar-refractivity contribution in [3.05, 3.63) is 0 Å². The van der Waals surface area contributed by atoms with Crippen LogP contribution in [0.15, 0.2) is 0 Å². The quantitative estimate of drug-likeness (QED) is 0.784. The average molecular weight is 381 g/mol. The van der Waals surface area contributed by atoms with Gasteiger partial charge < -0.3 is 15.1 Å². The van der Waals surface area contributed by atoms with Crippen LogP contribution in [0.1, 0.15) is 32.1 Å². The molecular weight excluding hydrogens is 351 g/mol. The van der Waals surface area contributed by atoms with Crippen LogP contribution in [-0.2, 0) is 9.59 Å². The first-order valence-corrected chi connectivity index (χ1v) is 8.76. The Labute approximate surface area is 157 Å². The molecule has 3 aliphatic rings. The Morgan fingerprint density at radius 1 is 0.833 bits per heavy atom. The first-order valence-electron chi connectivity index (χ1n) is 8.76. The monoisotopic (exact) mass is 380 g/mol. The number of rotatable bonds is 3. The lowest BCUT2D eigenvalue weighted by Gasteiger charge is -2.37. The second-order valence-corrected chi connectivity index (χ2v) is 6.69. The van der Waals surface area contributed by atoms with E-state index in [9.17, 15) is 9.59 Å². The molecule has 2 amide bonds. The molecule has 3 heterocycles. The Morgan fingerprint density at radius 2 is 1.46 bits per heavy atom. The standard InChI is InChI=1S/C16H28N4O2.2ClH/c21-15(13-18-7-3-4-8-18)19-9-11-20(12-10-19)16(22)14-5-1-2-6-17-14;;/h14,17H,1-13H2;2*1H/t14-;;/m1../s1. The number of likely N-dealkylation sites (tertiary alicyclic amines) is 1. The number of carbonyl (C=O) groups is 2. The second kappa shape index (κ2) is 10.4. The van der Waals surface area contributed by atoms with Crippen LogP contribution in [-0.4, -0.2) is 84.9 Å². The SMILES string of the molecule is Cl.Cl.O=C(CN1CCCC1)N1CCN(C(=O)[C@H]2CCCCN2)CC1. The van der Waals surface area contributed by atoms with Crippen LogP contribution < -0.4 is 5.32 Å². The van der Waals surface area contributed by atoms with Crippen LogP contribution in [0.5, 0.6) is 0 Å². The third-order valence-corrected chi connectivity index (χ3v) is 5.11. The molecule has 6 nitrogen and oxygen atoms in total. The molecule has 0 spiro atoms. The molecule has 24 heavy (non-hydrogen) atoms. The first-order chi connectivity index (χ1) is 10.7. The van der Waals surface area contributed by atoms with Crippen molar-refractivity contribution in [3.63, 3.8) is 0 Å². The van der Waals surface area contributed by atoms with E-state index in [2.05, 4.69) is 10.2 Å². The van der Waals surface area contributed by atoms with Crippen LogP contribution in [0, 0.1) is 0 Å². The average Bonchev–Trinajstić information content (AvgIpc) is 3.08. The van der Waals surface area contributed by atoms with Gasteiger partial charge >= 0.3 is 0 Å². The van der Waals surface area contributed by atoms with E-state index in [1.54, 1.807) is 0 Å². The fourth-order valence-corrected chi connectivity index (χ4v) is 3.69. The lowest BCUT2D eigenvalue weighted by Crippen LogP contribution is -2.56. The summed E-state index contributed by atoms with van der Waals surface area (Å²) < 4.78 is 0. The molecule has 0 unspecified atom stereocenters. The van der Waals surface area contributed by atoms with E-state index >= 15 is 0 Å². The molecule has 0 aromatic rings. The van der Waals surface area contributed by atoms with Crippen molar-refractivity contribution in [2.45, 2.75) is 38.1 Å². The van der Waals surface area contributed by atoms with E-state index in [1.807, 2.05) is 9.80 Å². The van der Waals surface area contributed by atoms with Gasteiger partial charge in [-0.25, -0.2) is 0 Å². The van der Waals surface area contributed by atoms with Crippen LogP contribution in [0.3, 0.4) is 0 Å². The molecule has 0 aromatic heterocycles. The lowest BCUT2D eigenvalue weighted by atomic mass is 10.0. The summed E-state index contributed by atoms with van der Waals surface area (Å²) in [7, 11) is 0. The van der Waals surface area contributed by atoms with Crippen molar-refractivity contribution in [3.8, 4) is 0 Å². The Morgan fingerprint density at radius 3 is 2.04 bits per heavy atom. The number of carbonyl (C=O) groups excluding carboxylic acids is 2. The summed E-state index contributed by atoms with van der Waals surface area (Å²) in [5, 5.41) is 3.32. The number of amides is 2. The minimum atomic E-state index is 0. The molecule has 3 rings (SSSR count). The summed E-state index contributed by atoms with van der Waals surface area (Å²) in [6, 6.07) is 0.000557. The molecule has 3 aliphatic heterocycles. The topological polar surface area (TPSA) is 55.9 Å². The van der Waals surface area contributed by atoms with Crippen LogP contribution in [0.25, 0.3) is 0 Å². The van der Waals surface area contributed by atoms with Gasteiger partial charge in [0.05, 0.1) is 12.6 Å². The number of hydrogen-bond acceptors (Lipinski definition) is 4. The van der Waals surface area contributed by atoms with Gasteiger partial charge in [-0.2, -0.15) is 0 Å². The molecule has 3 fully saturated rings. The van der Waals surface area contributed by atoms with Gasteiger partial charge in [-0.15, -0.1) is 24.8 Å². The van der Waals surface area contributed by atoms with E-state index in [1.165, 1.54) is 19.3 Å². The van der Waals surface area contributed by atoms with Crippen LogP contribution in [0.4, 0.5) is 0 Å². The molecule has 1 N–H and O–H groups in total. The largest absolute Gasteiger partial charge is 0.338 e. The van der Waals surface area contributed by atoms with Gasteiger partial charge in [-0.1, -0.05) is 6.42 Å². The van der Waals surface area contributed by atoms with Gasteiger partial charge in [-0.05, 0) is 45.3 Å². The van der Waals surface area contributed by atoms with E-state index in [-0.39, 0.29) is 42.7 Å². The number of piperidine rings is 1. The Hall–Kier alpha value is -0.560. The smallest absolute Gasteiger partial charge is 0.239 e. The molecule has 0 radical (unpaired) electrons. The summed E-state index contributed by atoms with van der Waals surface area (Å²) in [4.78, 5) is 30.9. The van der Waals surface area contributed by atoms with Gasteiger partial charge in [0.25, 0.3) is 0 Å². The summed E-state index contributed by atoms with van der Waals surface area (Å²) >= 11 is 0. The van der Waals surface area contributed by atoms with Crippen molar-refractivity contribution in [2.24, 2.45) is 0 Å². The fourth-order valence-electron chi connectivity index (χ4n) is 3.69. The maximum Gasteiger partial charge on any atom is 0.239 e. The molecule has 3 saturated heterocycles. The summed E-state index contributed by atoms with van der Waals surface area (Å²) in [6.45, 7) is 6.35. The number of halogens is 2. The zero-order chi connectivity index (χ0) is 15.4. The molecule has 0 aromatic carbocycles. The van der Waals surface area contributed by atoms with Crippen molar-refractivity contribution >= 4 is 36.6 Å². The second-order valence-electron chi connectivity index (χ2n) is 6.69. The summed E-state index contributed by atoms with van der Waals surface area (Å²) in [5.74, 6) is 0.455. The van der Waals surface area contributed by atoms with Gasteiger partial charge in [-0.3, -0.25) is 14.5 Å². The van der Waals surface area contributed by atoms with Crippen molar-refractivity contribution in [2.75, 3.05) is 52.4 Å². The third-order valence-electron chi connectivity index (χ3n) is 5.11. The predicted octanol–water partition coefficient (Wildman–Crippen LogP) is 0.739. The minimum absolute atomic E-state index is 0. The molecule has 0 saturated carbocycles. The number of hydrogen-bond donors (Lipinski definition) is 1. The van der Waals surface area contributed by atoms with Crippen LogP contribution in [0.2, 0.25) is 0 Å². The molecule has 1 atom stereocenters. The first kappa shape index (κ1) is 21.5. The van der Waals surface area contributed by atoms with Gasteiger partial charge in [0.15, 0.2) is 0 Å². The lowest BCUT2D eigenvalue weighted by molar-refractivity contribution is -0.141. The fraction of sp³-hybridized carbons (Fsp3) is 0.875. The Bertz CT molecular complexity index is 405. The molecular formula is C16H30Cl2N4O2. The maximum atomic E-state index is 12.5. The summed E-state index contributed by atoms with van der Waals surface area (Å²) in [5.41, 5.74) is 0. The summed E-state index contributed by atoms with van der Waals surface area (Å²) in [6.07, 6.45) is 5.68. The highest BCUT2D eigenvalue weighted by Gasteiger charge is 2.30. The van der Waals surface area contributed by atoms with Crippen molar-refractivity contribution in [1.29, 1.82) is 0 Å². The predicted molar refractivity (Wildman–Crippen MR) is 99.0 cm³/mol. The Kier molecular flexibility index (Phi) is 9.34. The van der Waals surface area contributed by atoms with E-state index in [0.717, 1.165) is 32.5 Å². The van der Waals surface area contributed by atoms with Gasteiger partial charge in [0, 0.05) is 26.2 Å². The van der Waals surface area contributed by atoms with Crippen molar-refractivity contribution in [1.82, 2.24) is 20.0 Å². The molecule has 140 valence electrons. The number of nitrogens with one attached hydrogen (secondary N) is 1. The normalized spacial score (nSPS) is 24.9. The van der Waals surface area contributed by atoms with E-state index < -0.39 is 0 Å². The van der Waals surface area contributed by atoms with Gasteiger partial charge in [0.2, 0.25) is 11.8 Å². The molecule has 8 heteroatoms. The molecule has 0 aliphatic carbocycles. The van der Waals surface area contributed by atoms with Gasteiger partial charge in [0.1, 0.15) is 0 Å². The zero-order valence-electron chi connectivity index (χ0n) is 14.2. The minimum Gasteiger partial charge on any atom is -0.338 e. The van der Waals surface area contributed by atoms with Crippen molar-refractivity contribution < 1.29 is 9.59 Å². The maximum absolute atomic E-state index is 12.5. The van der Waals surface area contributed by atoms with E-state index in [4.69, 9.17) is 0 Å². The number of piperazine rings is 1. The van der Waals surface area contributed by atoms with E-state index in [0.29, 0.717) is 32.7 Å². The van der Waals surface area contributed by atoms with Crippen LogP contribution >= 0.6 is 24.8 Å².